The lowest BCUT2D eigenvalue weighted by atomic mass is 10.00. The Balaban J connectivity index is 2.36. The van der Waals surface area contributed by atoms with Crippen molar-refractivity contribution in [3.8, 4) is 5.75 Å². The summed E-state index contributed by atoms with van der Waals surface area (Å²) in [7, 11) is 1.75. The molecule has 0 spiro atoms. The SMILES string of the molecule is COc1cc2c(c3ccccc13)CC(C)C2Br. The molecule has 1 nitrogen and oxygen atoms in total. The van der Waals surface area contributed by atoms with E-state index >= 15 is 0 Å². The van der Waals surface area contributed by atoms with Gasteiger partial charge in [0.1, 0.15) is 5.75 Å². The van der Waals surface area contributed by atoms with Gasteiger partial charge in [-0.1, -0.05) is 47.1 Å². The van der Waals surface area contributed by atoms with Crippen LogP contribution in [0.2, 0.25) is 0 Å². The molecule has 2 heteroatoms. The Hall–Kier alpha value is -1.02. The van der Waals surface area contributed by atoms with Gasteiger partial charge in [0, 0.05) is 10.2 Å². The third kappa shape index (κ3) is 1.58. The third-order valence-corrected chi connectivity index (χ3v) is 5.09. The topological polar surface area (TPSA) is 9.23 Å². The van der Waals surface area contributed by atoms with Gasteiger partial charge in [-0.2, -0.15) is 0 Å². The van der Waals surface area contributed by atoms with Crippen LogP contribution < -0.4 is 4.74 Å². The normalized spacial score (nSPS) is 22.8. The molecule has 0 bridgehead atoms. The van der Waals surface area contributed by atoms with Gasteiger partial charge >= 0.3 is 0 Å². The molecule has 2 aromatic rings. The zero-order chi connectivity index (χ0) is 12.0. The number of fused-ring (bicyclic) bond motifs is 3. The Morgan fingerprint density at radius 1 is 1.24 bits per heavy atom. The summed E-state index contributed by atoms with van der Waals surface area (Å²) in [6.07, 6.45) is 1.15. The van der Waals surface area contributed by atoms with Crippen molar-refractivity contribution < 1.29 is 4.74 Å². The number of hydrogen-bond acceptors (Lipinski definition) is 1. The Morgan fingerprint density at radius 2 is 1.94 bits per heavy atom. The molecule has 3 rings (SSSR count). The van der Waals surface area contributed by atoms with E-state index < -0.39 is 0 Å². The average Bonchev–Trinajstić information content (AvgIpc) is 2.65. The van der Waals surface area contributed by atoms with Crippen LogP contribution in [0.1, 0.15) is 22.9 Å². The van der Waals surface area contributed by atoms with E-state index in [0.29, 0.717) is 10.7 Å². The smallest absolute Gasteiger partial charge is 0.127 e. The molecule has 0 amide bonds. The van der Waals surface area contributed by atoms with Crippen molar-refractivity contribution >= 4 is 26.7 Å². The predicted octanol–water partition coefficient (Wildman–Crippen LogP) is 4.48. The summed E-state index contributed by atoms with van der Waals surface area (Å²) >= 11 is 3.80. The van der Waals surface area contributed by atoms with Gasteiger partial charge < -0.3 is 4.74 Å². The molecule has 17 heavy (non-hydrogen) atoms. The molecule has 2 aromatic carbocycles. The molecule has 0 fully saturated rings. The van der Waals surface area contributed by atoms with E-state index in [9.17, 15) is 0 Å². The summed E-state index contributed by atoms with van der Waals surface area (Å²) in [6, 6.07) is 10.7. The van der Waals surface area contributed by atoms with E-state index in [0.717, 1.165) is 12.2 Å². The molecule has 0 saturated heterocycles. The van der Waals surface area contributed by atoms with Crippen molar-refractivity contribution in [2.75, 3.05) is 7.11 Å². The number of alkyl halides is 1. The fourth-order valence-electron chi connectivity index (χ4n) is 2.80. The summed E-state index contributed by atoms with van der Waals surface area (Å²) in [5, 5.41) is 2.57. The number of ether oxygens (including phenoxy) is 1. The first-order valence-corrected chi connectivity index (χ1v) is 6.86. The van der Waals surface area contributed by atoms with E-state index in [1.807, 2.05) is 0 Å². The molecule has 0 saturated carbocycles. The molecular formula is C15H15BrO. The maximum Gasteiger partial charge on any atom is 0.127 e. The average molecular weight is 291 g/mol. The molecule has 88 valence electrons. The summed E-state index contributed by atoms with van der Waals surface area (Å²) in [6.45, 7) is 2.29. The van der Waals surface area contributed by atoms with Crippen LogP contribution in [-0.4, -0.2) is 7.11 Å². The highest BCUT2D eigenvalue weighted by molar-refractivity contribution is 9.09. The molecule has 1 aliphatic carbocycles. The summed E-state index contributed by atoms with van der Waals surface area (Å²) in [4.78, 5) is 0.455. The summed E-state index contributed by atoms with van der Waals surface area (Å²) < 4.78 is 5.52. The number of benzene rings is 2. The summed E-state index contributed by atoms with van der Waals surface area (Å²) in [5.74, 6) is 1.64. The molecule has 2 unspecified atom stereocenters. The number of hydrogen-bond donors (Lipinski definition) is 0. The van der Waals surface area contributed by atoms with Gasteiger partial charge in [-0.3, -0.25) is 0 Å². The lowest BCUT2D eigenvalue weighted by molar-refractivity contribution is 0.419. The lowest BCUT2D eigenvalue weighted by Crippen LogP contribution is -1.94. The third-order valence-electron chi connectivity index (χ3n) is 3.70. The van der Waals surface area contributed by atoms with E-state index in [4.69, 9.17) is 4.74 Å². The second-order valence-electron chi connectivity index (χ2n) is 4.78. The van der Waals surface area contributed by atoms with Crippen LogP contribution in [0.5, 0.6) is 5.75 Å². The van der Waals surface area contributed by atoms with Crippen molar-refractivity contribution in [1.82, 2.24) is 0 Å². The minimum Gasteiger partial charge on any atom is -0.496 e. The van der Waals surface area contributed by atoms with Gasteiger partial charge in [0.05, 0.1) is 7.11 Å². The van der Waals surface area contributed by atoms with Gasteiger partial charge in [-0.05, 0) is 34.9 Å². The highest BCUT2D eigenvalue weighted by atomic mass is 79.9. The minimum absolute atomic E-state index is 0.455. The van der Waals surface area contributed by atoms with E-state index in [2.05, 4.69) is 53.2 Å². The predicted molar refractivity (Wildman–Crippen MR) is 75.0 cm³/mol. The number of methoxy groups -OCH3 is 1. The first-order chi connectivity index (χ1) is 8.22. The fourth-order valence-corrected chi connectivity index (χ4v) is 3.39. The highest BCUT2D eigenvalue weighted by Gasteiger charge is 2.29. The van der Waals surface area contributed by atoms with Gasteiger partial charge in [-0.15, -0.1) is 0 Å². The standard InChI is InChI=1S/C15H15BrO/c1-9-7-12-10-5-3-4-6-11(10)14(17-2)8-13(12)15(9)16/h3-6,8-9,15H,7H2,1-2H3. The Labute approximate surface area is 110 Å². The maximum absolute atomic E-state index is 5.52. The molecule has 2 atom stereocenters. The first-order valence-electron chi connectivity index (χ1n) is 5.95. The van der Waals surface area contributed by atoms with E-state index in [1.165, 1.54) is 21.9 Å². The molecule has 0 aliphatic heterocycles. The molecule has 0 aromatic heterocycles. The maximum atomic E-state index is 5.52. The Morgan fingerprint density at radius 3 is 2.65 bits per heavy atom. The second kappa shape index (κ2) is 4.02. The Bertz CT molecular complexity index is 576. The second-order valence-corrected chi connectivity index (χ2v) is 5.76. The van der Waals surface area contributed by atoms with Crippen molar-refractivity contribution in [2.24, 2.45) is 5.92 Å². The van der Waals surface area contributed by atoms with Gasteiger partial charge in [0.25, 0.3) is 0 Å². The van der Waals surface area contributed by atoms with Crippen molar-refractivity contribution in [3.63, 3.8) is 0 Å². The van der Waals surface area contributed by atoms with Crippen LogP contribution in [0.3, 0.4) is 0 Å². The van der Waals surface area contributed by atoms with Crippen molar-refractivity contribution in [1.29, 1.82) is 0 Å². The van der Waals surface area contributed by atoms with E-state index in [1.54, 1.807) is 7.11 Å². The van der Waals surface area contributed by atoms with Gasteiger partial charge in [-0.25, -0.2) is 0 Å². The zero-order valence-electron chi connectivity index (χ0n) is 10.0. The van der Waals surface area contributed by atoms with Gasteiger partial charge in [0.15, 0.2) is 0 Å². The van der Waals surface area contributed by atoms with Crippen LogP contribution in [0.4, 0.5) is 0 Å². The fraction of sp³-hybridized carbons (Fsp3) is 0.333. The van der Waals surface area contributed by atoms with Crippen molar-refractivity contribution in [2.45, 2.75) is 18.2 Å². The highest BCUT2D eigenvalue weighted by Crippen LogP contribution is 2.47. The largest absolute Gasteiger partial charge is 0.496 e. The monoisotopic (exact) mass is 290 g/mol. The number of halogens is 1. The minimum atomic E-state index is 0.455. The van der Waals surface area contributed by atoms with Crippen LogP contribution in [0, 0.1) is 5.92 Å². The van der Waals surface area contributed by atoms with Crippen LogP contribution in [0.25, 0.3) is 10.8 Å². The lowest BCUT2D eigenvalue weighted by Gasteiger charge is -2.12. The summed E-state index contributed by atoms with van der Waals surface area (Å²) in [5.41, 5.74) is 2.88. The van der Waals surface area contributed by atoms with Gasteiger partial charge in [0.2, 0.25) is 0 Å². The molecule has 1 aliphatic rings. The zero-order valence-corrected chi connectivity index (χ0v) is 11.6. The number of rotatable bonds is 1. The quantitative estimate of drug-likeness (QED) is 0.704. The molecule has 0 N–H and O–H groups in total. The van der Waals surface area contributed by atoms with E-state index in [-0.39, 0.29) is 0 Å². The molecule has 0 heterocycles. The van der Waals surface area contributed by atoms with Crippen LogP contribution in [-0.2, 0) is 6.42 Å². The molecule has 0 radical (unpaired) electrons. The van der Waals surface area contributed by atoms with Crippen LogP contribution in [0.15, 0.2) is 30.3 Å². The van der Waals surface area contributed by atoms with Crippen LogP contribution >= 0.6 is 15.9 Å². The first kappa shape index (κ1) is 11.1. The van der Waals surface area contributed by atoms with Crippen molar-refractivity contribution in [3.05, 3.63) is 41.5 Å². The Kier molecular flexibility index (Phi) is 2.62. The molecular weight excluding hydrogens is 276 g/mol.